The average molecular weight is 530 g/mol. The average Bonchev–Trinajstić information content (AvgIpc) is 3.49. The summed E-state index contributed by atoms with van der Waals surface area (Å²) in [6.07, 6.45) is 1.49. The summed E-state index contributed by atoms with van der Waals surface area (Å²) in [5.41, 5.74) is 1.37. The highest BCUT2D eigenvalue weighted by atomic mass is 35.5. The number of rotatable bonds is 5. The molecule has 1 aliphatic rings. The van der Waals surface area contributed by atoms with Crippen LogP contribution in [-0.4, -0.2) is 66.9 Å². The molecule has 0 aliphatic carbocycles. The Hall–Kier alpha value is -3.61. The Bertz CT molecular complexity index is 1480. The molecule has 1 N–H and O–H groups in total. The van der Waals surface area contributed by atoms with Gasteiger partial charge in [-0.2, -0.15) is 14.7 Å². The van der Waals surface area contributed by atoms with Crippen LogP contribution in [0.2, 0.25) is 5.02 Å². The van der Waals surface area contributed by atoms with Gasteiger partial charge in [-0.05, 0) is 24.3 Å². The predicted octanol–water partition coefficient (Wildman–Crippen LogP) is 3.52. The van der Waals surface area contributed by atoms with Crippen molar-refractivity contribution < 1.29 is 18.9 Å². The molecule has 1 amide bonds. The second-order valence-corrected chi connectivity index (χ2v) is 9.43. The maximum Gasteiger partial charge on any atom is 0.256 e. The number of aromatic nitrogens is 4. The molecule has 0 unspecified atom stereocenters. The highest BCUT2D eigenvalue weighted by Crippen LogP contribution is 2.24. The van der Waals surface area contributed by atoms with Gasteiger partial charge in [-0.15, -0.1) is 11.3 Å². The van der Waals surface area contributed by atoms with Crippen molar-refractivity contribution in [1.82, 2.24) is 29.7 Å². The van der Waals surface area contributed by atoms with Crippen LogP contribution < -0.4 is 4.80 Å². The molecular weight excluding hydrogens is 509 g/mol. The van der Waals surface area contributed by atoms with E-state index in [-0.39, 0.29) is 16.5 Å². The summed E-state index contributed by atoms with van der Waals surface area (Å²) >= 11 is 7.10. The van der Waals surface area contributed by atoms with E-state index in [2.05, 4.69) is 25.0 Å². The first kappa shape index (κ1) is 24.1. The SMILES string of the molecule is Cc1nc(-c2cc(CN3CCN(C(=O)c4cccc(Cl)c4F)CC3)nc(/N=c3\sccn3O)c2)no1. The quantitative estimate of drug-likeness (QED) is 0.393. The smallest absolute Gasteiger partial charge is 0.256 e. The topological polar surface area (TPSA) is 113 Å². The minimum Gasteiger partial charge on any atom is -0.426 e. The van der Waals surface area contributed by atoms with Crippen molar-refractivity contribution in [2.24, 2.45) is 4.99 Å². The van der Waals surface area contributed by atoms with E-state index in [0.29, 0.717) is 60.6 Å². The Labute approximate surface area is 213 Å². The van der Waals surface area contributed by atoms with Crippen LogP contribution in [0, 0.1) is 12.7 Å². The molecule has 1 saturated heterocycles. The molecule has 10 nitrogen and oxygen atoms in total. The Morgan fingerprint density at radius 2 is 2.06 bits per heavy atom. The Morgan fingerprint density at radius 1 is 1.25 bits per heavy atom. The van der Waals surface area contributed by atoms with Gasteiger partial charge in [0.2, 0.25) is 16.5 Å². The Balaban J connectivity index is 1.34. The predicted molar refractivity (Wildman–Crippen MR) is 130 cm³/mol. The molecule has 0 saturated carbocycles. The fourth-order valence-electron chi connectivity index (χ4n) is 3.88. The van der Waals surface area contributed by atoms with Gasteiger partial charge >= 0.3 is 0 Å². The number of carbonyl (C=O) groups excluding carboxylic acids is 1. The summed E-state index contributed by atoms with van der Waals surface area (Å²) < 4.78 is 20.4. The van der Waals surface area contributed by atoms with Crippen molar-refractivity contribution in [3.05, 3.63) is 74.7 Å². The summed E-state index contributed by atoms with van der Waals surface area (Å²) in [5, 5.41) is 15.5. The summed E-state index contributed by atoms with van der Waals surface area (Å²) in [6.45, 7) is 4.23. The third kappa shape index (κ3) is 5.15. The number of hydrogen-bond acceptors (Lipinski definition) is 9. The number of amides is 1. The van der Waals surface area contributed by atoms with E-state index in [1.807, 2.05) is 6.07 Å². The van der Waals surface area contributed by atoms with Crippen molar-refractivity contribution in [1.29, 1.82) is 0 Å². The zero-order valence-electron chi connectivity index (χ0n) is 19.1. The van der Waals surface area contributed by atoms with Crippen LogP contribution in [0.15, 0.2) is 51.4 Å². The lowest BCUT2D eigenvalue weighted by molar-refractivity contribution is 0.0622. The zero-order valence-corrected chi connectivity index (χ0v) is 20.7. The summed E-state index contributed by atoms with van der Waals surface area (Å²) in [7, 11) is 0. The molecular formula is C23H21ClFN7O3S. The maximum atomic E-state index is 14.3. The Kier molecular flexibility index (Phi) is 6.81. The van der Waals surface area contributed by atoms with Gasteiger partial charge in [-0.1, -0.05) is 22.8 Å². The van der Waals surface area contributed by atoms with Crippen LogP contribution in [0.5, 0.6) is 0 Å². The monoisotopic (exact) mass is 529 g/mol. The lowest BCUT2D eigenvalue weighted by Gasteiger charge is -2.34. The number of nitrogens with zero attached hydrogens (tertiary/aromatic N) is 7. The summed E-state index contributed by atoms with van der Waals surface area (Å²) in [6, 6.07) is 8.02. The van der Waals surface area contributed by atoms with Crippen LogP contribution in [0.1, 0.15) is 21.9 Å². The highest BCUT2D eigenvalue weighted by molar-refractivity contribution is 7.07. The number of piperazine rings is 1. The van der Waals surface area contributed by atoms with Crippen LogP contribution in [-0.2, 0) is 6.54 Å². The number of aryl methyl sites for hydroxylation is 1. The van der Waals surface area contributed by atoms with Crippen molar-refractivity contribution in [3.63, 3.8) is 0 Å². The molecule has 0 radical (unpaired) electrons. The number of hydrogen-bond donors (Lipinski definition) is 1. The van der Waals surface area contributed by atoms with Crippen LogP contribution in [0.4, 0.5) is 10.2 Å². The number of benzene rings is 1. The molecule has 0 bridgehead atoms. The lowest BCUT2D eigenvalue weighted by Crippen LogP contribution is -2.48. The second-order valence-electron chi connectivity index (χ2n) is 8.15. The van der Waals surface area contributed by atoms with Crippen LogP contribution in [0.3, 0.4) is 0 Å². The van der Waals surface area contributed by atoms with Gasteiger partial charge in [0.05, 0.1) is 22.5 Å². The first-order valence-electron chi connectivity index (χ1n) is 11.0. The normalized spacial score (nSPS) is 15.0. The van der Waals surface area contributed by atoms with E-state index in [1.165, 1.54) is 29.7 Å². The van der Waals surface area contributed by atoms with E-state index < -0.39 is 5.82 Å². The van der Waals surface area contributed by atoms with E-state index in [1.54, 1.807) is 29.3 Å². The third-order valence-electron chi connectivity index (χ3n) is 5.66. The van der Waals surface area contributed by atoms with Gasteiger partial charge in [0, 0.05) is 50.6 Å². The van der Waals surface area contributed by atoms with Crippen molar-refractivity contribution >= 4 is 34.7 Å². The van der Waals surface area contributed by atoms with Gasteiger partial charge in [0.1, 0.15) is 0 Å². The third-order valence-corrected chi connectivity index (χ3v) is 6.70. The molecule has 0 spiro atoms. The zero-order chi connectivity index (χ0) is 25.2. The number of carbonyl (C=O) groups is 1. The molecule has 186 valence electrons. The first-order chi connectivity index (χ1) is 17.4. The molecule has 3 aromatic heterocycles. The first-order valence-corrected chi connectivity index (χ1v) is 12.3. The molecule has 5 rings (SSSR count). The van der Waals surface area contributed by atoms with Crippen molar-refractivity contribution in [3.8, 4) is 11.4 Å². The van der Waals surface area contributed by atoms with Crippen molar-refractivity contribution in [2.45, 2.75) is 13.5 Å². The lowest BCUT2D eigenvalue weighted by atomic mass is 10.1. The molecule has 4 aromatic rings. The molecule has 0 atom stereocenters. The fourth-order valence-corrected chi connectivity index (χ4v) is 4.66. The molecule has 1 fully saturated rings. The van der Waals surface area contributed by atoms with Gasteiger partial charge in [-0.3, -0.25) is 9.69 Å². The molecule has 1 aromatic carbocycles. The van der Waals surface area contributed by atoms with Crippen LogP contribution in [0.25, 0.3) is 11.4 Å². The second kappa shape index (κ2) is 10.2. The van der Waals surface area contributed by atoms with Gasteiger partial charge < -0.3 is 14.6 Å². The molecule has 4 heterocycles. The molecule has 36 heavy (non-hydrogen) atoms. The van der Waals surface area contributed by atoms with Gasteiger partial charge in [0.15, 0.2) is 11.6 Å². The molecule has 13 heteroatoms. The number of pyridine rings is 1. The number of halogens is 2. The van der Waals surface area contributed by atoms with E-state index in [9.17, 15) is 14.4 Å². The fraction of sp³-hybridized carbons (Fsp3) is 0.261. The van der Waals surface area contributed by atoms with Crippen molar-refractivity contribution in [2.75, 3.05) is 26.2 Å². The molecule has 1 aliphatic heterocycles. The summed E-state index contributed by atoms with van der Waals surface area (Å²) in [4.78, 5) is 30.3. The summed E-state index contributed by atoms with van der Waals surface area (Å²) in [5.74, 6) is 0.160. The van der Waals surface area contributed by atoms with Gasteiger partial charge in [-0.25, -0.2) is 9.37 Å². The number of thiazole rings is 1. The van der Waals surface area contributed by atoms with E-state index >= 15 is 0 Å². The largest absolute Gasteiger partial charge is 0.426 e. The minimum absolute atomic E-state index is 0.0262. The standard InChI is InChI=1S/C23H21ClFN7O3S/c1-14-26-21(29-35-14)15-11-16(27-19(12-15)28-23-32(34)9-10-36-23)13-30-5-7-31(8-6-30)22(33)17-3-2-4-18(24)20(17)25/h2-4,9-12,34H,5-8,13H2,1H3/b28-23-. The van der Waals surface area contributed by atoms with E-state index in [0.717, 1.165) is 10.4 Å². The maximum absolute atomic E-state index is 14.3. The highest BCUT2D eigenvalue weighted by Gasteiger charge is 2.25. The van der Waals surface area contributed by atoms with Gasteiger partial charge in [0.25, 0.3) is 5.91 Å². The van der Waals surface area contributed by atoms with Crippen LogP contribution >= 0.6 is 22.9 Å². The minimum atomic E-state index is -0.699. The Morgan fingerprint density at radius 3 is 2.75 bits per heavy atom. The van der Waals surface area contributed by atoms with E-state index in [4.69, 9.17) is 16.1 Å².